The normalized spacial score (nSPS) is 17.1. The number of fused-ring (bicyclic) bond motifs is 1. The zero-order valence-corrected chi connectivity index (χ0v) is 11.0. The highest BCUT2D eigenvalue weighted by molar-refractivity contribution is 5.60. The van der Waals surface area contributed by atoms with Gasteiger partial charge in [-0.25, -0.2) is 0 Å². The molecule has 0 aromatic heterocycles. The molecule has 0 saturated heterocycles. The van der Waals surface area contributed by atoms with Gasteiger partial charge in [-0.3, -0.25) is 0 Å². The summed E-state index contributed by atoms with van der Waals surface area (Å²) in [5.74, 6) is 0. The van der Waals surface area contributed by atoms with Gasteiger partial charge in [0.05, 0.1) is 11.6 Å². The number of para-hydroxylation sites is 1. The molecule has 0 fully saturated rings. The lowest BCUT2D eigenvalue weighted by Gasteiger charge is -2.25. The van der Waals surface area contributed by atoms with Crippen molar-refractivity contribution in [3.05, 3.63) is 65.2 Å². The highest BCUT2D eigenvalue weighted by Crippen LogP contribution is 2.33. The standard InChI is InChI=1S/C17H16N2/c1-13-10-14-6-4-5-9-17(14)19(13)12-16-8-3-2-7-15(16)11-18/h2-9,13H,10,12H2,1H3. The topological polar surface area (TPSA) is 27.0 Å². The minimum atomic E-state index is 0.490. The van der Waals surface area contributed by atoms with Crippen molar-refractivity contribution in [3.8, 4) is 6.07 Å². The van der Waals surface area contributed by atoms with Crippen molar-refractivity contribution in [3.63, 3.8) is 0 Å². The Morgan fingerprint density at radius 1 is 1.16 bits per heavy atom. The molecule has 2 aromatic carbocycles. The second-order valence-corrected chi connectivity index (χ2v) is 5.08. The second kappa shape index (κ2) is 4.78. The summed E-state index contributed by atoms with van der Waals surface area (Å²) in [7, 11) is 0. The van der Waals surface area contributed by atoms with Gasteiger partial charge < -0.3 is 4.90 Å². The molecule has 1 unspecified atom stereocenters. The largest absolute Gasteiger partial charge is 0.364 e. The molecule has 0 bridgehead atoms. The molecule has 0 spiro atoms. The van der Waals surface area contributed by atoms with Crippen LogP contribution < -0.4 is 4.90 Å². The van der Waals surface area contributed by atoms with Crippen LogP contribution in [0.15, 0.2) is 48.5 Å². The highest BCUT2D eigenvalue weighted by Gasteiger charge is 2.25. The van der Waals surface area contributed by atoms with Gasteiger partial charge in [0.15, 0.2) is 0 Å². The summed E-state index contributed by atoms with van der Waals surface area (Å²) >= 11 is 0. The first-order chi connectivity index (χ1) is 9.29. The quantitative estimate of drug-likeness (QED) is 0.813. The molecule has 0 amide bonds. The molecule has 0 saturated carbocycles. The molecule has 2 aromatic rings. The van der Waals surface area contributed by atoms with Gasteiger partial charge in [0.25, 0.3) is 0 Å². The Hall–Kier alpha value is -2.27. The number of hydrogen-bond donors (Lipinski definition) is 0. The fraction of sp³-hybridized carbons (Fsp3) is 0.235. The number of nitrogens with zero attached hydrogens (tertiary/aromatic N) is 2. The molecular formula is C17H16N2. The molecular weight excluding hydrogens is 232 g/mol. The molecule has 0 N–H and O–H groups in total. The van der Waals surface area contributed by atoms with Gasteiger partial charge in [0, 0.05) is 18.3 Å². The van der Waals surface area contributed by atoms with E-state index in [1.807, 2.05) is 24.3 Å². The fourth-order valence-corrected chi connectivity index (χ4v) is 2.82. The molecule has 1 heterocycles. The van der Waals surface area contributed by atoms with E-state index in [9.17, 15) is 5.26 Å². The fourth-order valence-electron chi connectivity index (χ4n) is 2.82. The Kier molecular flexibility index (Phi) is 2.97. The molecule has 2 nitrogen and oxygen atoms in total. The average molecular weight is 248 g/mol. The SMILES string of the molecule is CC1Cc2ccccc2N1Cc1ccccc1C#N. The first kappa shape index (κ1) is 11.8. The monoisotopic (exact) mass is 248 g/mol. The summed E-state index contributed by atoms with van der Waals surface area (Å²) in [5, 5.41) is 9.18. The zero-order valence-electron chi connectivity index (χ0n) is 11.0. The van der Waals surface area contributed by atoms with Gasteiger partial charge in [-0.05, 0) is 36.6 Å². The molecule has 94 valence electrons. The van der Waals surface area contributed by atoms with Crippen molar-refractivity contribution in [2.24, 2.45) is 0 Å². The highest BCUT2D eigenvalue weighted by atomic mass is 15.2. The molecule has 1 aliphatic heterocycles. The van der Waals surface area contributed by atoms with Gasteiger partial charge in [-0.1, -0.05) is 36.4 Å². The van der Waals surface area contributed by atoms with Crippen LogP contribution >= 0.6 is 0 Å². The van der Waals surface area contributed by atoms with Gasteiger partial charge >= 0.3 is 0 Å². The van der Waals surface area contributed by atoms with Crippen molar-refractivity contribution in [2.45, 2.75) is 25.9 Å². The predicted octanol–water partition coefficient (Wildman–Crippen LogP) is 3.51. The molecule has 19 heavy (non-hydrogen) atoms. The summed E-state index contributed by atoms with van der Waals surface area (Å²) in [6, 6.07) is 19.2. The third-order valence-corrected chi connectivity index (χ3v) is 3.83. The van der Waals surface area contributed by atoms with Gasteiger partial charge in [0.2, 0.25) is 0 Å². The minimum Gasteiger partial charge on any atom is -0.364 e. The van der Waals surface area contributed by atoms with Crippen LogP contribution in [0, 0.1) is 11.3 Å². The summed E-state index contributed by atoms with van der Waals surface area (Å²) in [6.45, 7) is 3.05. The van der Waals surface area contributed by atoms with E-state index in [1.165, 1.54) is 11.3 Å². The molecule has 2 heteroatoms. The lowest BCUT2D eigenvalue weighted by molar-refractivity contribution is 0.672. The minimum absolute atomic E-state index is 0.490. The van der Waals surface area contributed by atoms with E-state index in [0.29, 0.717) is 6.04 Å². The number of rotatable bonds is 2. The van der Waals surface area contributed by atoms with Crippen LogP contribution in [0.3, 0.4) is 0 Å². The Labute approximate surface area is 113 Å². The predicted molar refractivity (Wildman–Crippen MR) is 76.9 cm³/mol. The van der Waals surface area contributed by atoms with Crippen molar-refractivity contribution >= 4 is 5.69 Å². The van der Waals surface area contributed by atoms with Crippen LogP contribution in [0.5, 0.6) is 0 Å². The molecule has 0 radical (unpaired) electrons. The maximum absolute atomic E-state index is 9.18. The summed E-state index contributed by atoms with van der Waals surface area (Å²) in [6.07, 6.45) is 1.09. The van der Waals surface area contributed by atoms with Crippen molar-refractivity contribution in [1.82, 2.24) is 0 Å². The third kappa shape index (κ3) is 2.08. The van der Waals surface area contributed by atoms with E-state index in [4.69, 9.17) is 0 Å². The molecule has 1 atom stereocenters. The van der Waals surface area contributed by atoms with Crippen LogP contribution in [0.4, 0.5) is 5.69 Å². The zero-order chi connectivity index (χ0) is 13.2. The van der Waals surface area contributed by atoms with Crippen molar-refractivity contribution in [1.29, 1.82) is 5.26 Å². The van der Waals surface area contributed by atoms with E-state index in [-0.39, 0.29) is 0 Å². The van der Waals surface area contributed by atoms with E-state index in [0.717, 1.165) is 24.1 Å². The summed E-state index contributed by atoms with van der Waals surface area (Å²) < 4.78 is 0. The Morgan fingerprint density at radius 2 is 1.89 bits per heavy atom. The number of anilines is 1. The number of hydrogen-bond acceptors (Lipinski definition) is 2. The first-order valence-corrected chi connectivity index (χ1v) is 6.62. The van der Waals surface area contributed by atoms with Gasteiger partial charge in [0.1, 0.15) is 0 Å². The van der Waals surface area contributed by atoms with Crippen molar-refractivity contribution < 1.29 is 0 Å². The lowest BCUT2D eigenvalue weighted by atomic mass is 10.1. The smallest absolute Gasteiger partial charge is 0.0995 e. The summed E-state index contributed by atoms with van der Waals surface area (Å²) in [4.78, 5) is 2.39. The van der Waals surface area contributed by atoms with E-state index < -0.39 is 0 Å². The number of benzene rings is 2. The molecule has 3 rings (SSSR count). The van der Waals surface area contributed by atoms with Gasteiger partial charge in [-0.2, -0.15) is 5.26 Å². The molecule has 1 aliphatic rings. The first-order valence-electron chi connectivity index (χ1n) is 6.62. The third-order valence-electron chi connectivity index (χ3n) is 3.83. The second-order valence-electron chi connectivity index (χ2n) is 5.08. The molecule has 0 aliphatic carbocycles. The summed E-state index contributed by atoms with van der Waals surface area (Å²) in [5.41, 5.74) is 4.60. The van der Waals surface area contributed by atoms with E-state index >= 15 is 0 Å². The Balaban J connectivity index is 1.94. The maximum Gasteiger partial charge on any atom is 0.0995 e. The average Bonchev–Trinajstić information content (AvgIpc) is 2.76. The maximum atomic E-state index is 9.18. The van der Waals surface area contributed by atoms with Crippen LogP contribution in [0.1, 0.15) is 23.6 Å². The lowest BCUT2D eigenvalue weighted by Crippen LogP contribution is -2.28. The Morgan fingerprint density at radius 3 is 2.74 bits per heavy atom. The van der Waals surface area contributed by atoms with Crippen LogP contribution in [-0.2, 0) is 13.0 Å². The van der Waals surface area contributed by atoms with Gasteiger partial charge in [-0.15, -0.1) is 0 Å². The van der Waals surface area contributed by atoms with Crippen LogP contribution in [-0.4, -0.2) is 6.04 Å². The van der Waals surface area contributed by atoms with Crippen LogP contribution in [0.2, 0.25) is 0 Å². The number of nitriles is 1. The van der Waals surface area contributed by atoms with Crippen molar-refractivity contribution in [2.75, 3.05) is 4.90 Å². The van der Waals surface area contributed by atoms with Crippen LogP contribution in [0.25, 0.3) is 0 Å². The van der Waals surface area contributed by atoms with E-state index in [1.54, 1.807) is 0 Å². The van der Waals surface area contributed by atoms with E-state index in [2.05, 4.69) is 42.2 Å². The Bertz CT molecular complexity index is 640.